The van der Waals surface area contributed by atoms with Crippen molar-refractivity contribution in [3.63, 3.8) is 0 Å². The van der Waals surface area contributed by atoms with Gasteiger partial charge in [0.2, 0.25) is 0 Å². The fourth-order valence-electron chi connectivity index (χ4n) is 5.67. The minimum Gasteiger partial charge on any atom is -0.280 e. The summed E-state index contributed by atoms with van der Waals surface area (Å²) in [5.41, 5.74) is -1.70. The lowest BCUT2D eigenvalue weighted by Crippen LogP contribution is -2.43. The van der Waals surface area contributed by atoms with Crippen molar-refractivity contribution < 1.29 is 18.1 Å². The largest absolute Gasteiger partial charge is 0.476 e. The van der Waals surface area contributed by atoms with Crippen molar-refractivity contribution in [2.24, 2.45) is 17.8 Å². The summed E-state index contributed by atoms with van der Waals surface area (Å²) in [5, 5.41) is 0. The van der Waals surface area contributed by atoms with E-state index in [4.69, 9.17) is 13.6 Å². The molecule has 0 aliphatic rings. The Morgan fingerprint density at radius 1 is 0.514 bits per heavy atom. The molecule has 0 fully saturated rings. The van der Waals surface area contributed by atoms with E-state index in [1.165, 1.54) is 0 Å². The summed E-state index contributed by atoms with van der Waals surface area (Å²) in [5.74, 6) is 0.761. The molecule has 0 heterocycles. The second kappa shape index (κ2) is 16.2. The molecule has 5 heteroatoms. The summed E-state index contributed by atoms with van der Waals surface area (Å²) in [6.45, 7) is 26.1. The van der Waals surface area contributed by atoms with Crippen LogP contribution in [0.1, 0.15) is 160 Å². The van der Waals surface area contributed by atoms with Crippen molar-refractivity contribution in [2.45, 2.75) is 177 Å². The fraction of sp³-hybridized carbons (Fsp3) is 1.00. The number of rotatable bonds is 21. The normalized spacial score (nSPS) is 21.8. The first-order valence-corrected chi connectivity index (χ1v) is 16.4. The van der Waals surface area contributed by atoms with Crippen LogP contribution in [0.15, 0.2) is 0 Å². The molecule has 0 aromatic heterocycles. The molecular weight excluding hydrogens is 455 g/mol. The molecular formula is C30H63O4P. The van der Waals surface area contributed by atoms with E-state index in [0.29, 0.717) is 0 Å². The number of phosphoric acid groups is 1. The van der Waals surface area contributed by atoms with Crippen LogP contribution >= 0.6 is 7.82 Å². The molecule has 0 saturated heterocycles. The Morgan fingerprint density at radius 2 is 0.743 bits per heavy atom. The van der Waals surface area contributed by atoms with Gasteiger partial charge in [-0.2, -0.15) is 0 Å². The third-order valence-electron chi connectivity index (χ3n) is 8.49. The van der Waals surface area contributed by atoms with Crippen LogP contribution in [0.25, 0.3) is 0 Å². The zero-order chi connectivity index (χ0) is 27.3. The standard InChI is InChI=1S/C30H63O4P/c1-13-19-25(7)28(10,22-16-4)32-35(31,33-29(11,23-17-5)26(8)20-14-2)34-30(12,24-18-6)27(9)21-15-3/h25-27H,13-24H2,1-12H3. The predicted octanol–water partition coefficient (Wildman–Crippen LogP) is 11.1. The highest BCUT2D eigenvalue weighted by Gasteiger charge is 2.50. The number of hydrogen-bond donors (Lipinski definition) is 0. The molecule has 0 aliphatic carbocycles. The van der Waals surface area contributed by atoms with Gasteiger partial charge in [-0.1, -0.05) is 101 Å². The first-order chi connectivity index (χ1) is 16.2. The van der Waals surface area contributed by atoms with E-state index in [9.17, 15) is 4.57 Å². The first-order valence-electron chi connectivity index (χ1n) is 15.0. The predicted molar refractivity (Wildman–Crippen MR) is 153 cm³/mol. The van der Waals surface area contributed by atoms with Gasteiger partial charge in [0.15, 0.2) is 0 Å². The van der Waals surface area contributed by atoms with Crippen LogP contribution in [0.2, 0.25) is 0 Å². The van der Waals surface area contributed by atoms with E-state index < -0.39 is 24.6 Å². The Balaban J connectivity index is 6.62. The second-order valence-electron chi connectivity index (χ2n) is 12.0. The van der Waals surface area contributed by atoms with Gasteiger partial charge >= 0.3 is 7.82 Å². The van der Waals surface area contributed by atoms with Crippen molar-refractivity contribution >= 4 is 7.82 Å². The topological polar surface area (TPSA) is 44.8 Å². The lowest BCUT2D eigenvalue weighted by Gasteiger charge is -2.45. The van der Waals surface area contributed by atoms with Crippen molar-refractivity contribution in [3.8, 4) is 0 Å². The zero-order valence-electron chi connectivity index (χ0n) is 25.8. The van der Waals surface area contributed by atoms with Crippen LogP contribution in [-0.2, 0) is 18.1 Å². The summed E-state index contributed by atoms with van der Waals surface area (Å²) in [6, 6.07) is 0. The molecule has 0 spiro atoms. The van der Waals surface area contributed by atoms with Crippen LogP contribution in [-0.4, -0.2) is 16.8 Å². The Kier molecular flexibility index (Phi) is 16.2. The Morgan fingerprint density at radius 3 is 0.914 bits per heavy atom. The van der Waals surface area contributed by atoms with E-state index in [1.807, 2.05) is 0 Å². The molecule has 6 atom stereocenters. The SMILES string of the molecule is CCCC(C)C(C)(CCC)OP(=O)(OC(C)(CCC)C(C)CCC)OC(C)(CCC)C(C)CCC. The molecule has 6 unspecified atom stereocenters. The molecule has 0 rings (SSSR count). The molecule has 0 aromatic carbocycles. The highest BCUT2D eigenvalue weighted by atomic mass is 31.2. The lowest BCUT2D eigenvalue weighted by atomic mass is 9.84. The quantitative estimate of drug-likeness (QED) is 0.142. The third kappa shape index (κ3) is 10.8. The van der Waals surface area contributed by atoms with Crippen molar-refractivity contribution in [1.29, 1.82) is 0 Å². The Labute approximate surface area is 220 Å². The van der Waals surface area contributed by atoms with Gasteiger partial charge in [-0.3, -0.25) is 13.6 Å². The Hall–Kier alpha value is 0.110. The molecule has 212 valence electrons. The van der Waals surface area contributed by atoms with Crippen LogP contribution in [0.5, 0.6) is 0 Å². The maximum atomic E-state index is 14.9. The Bertz CT molecular complexity index is 530. The van der Waals surface area contributed by atoms with Gasteiger partial charge in [-0.05, 0) is 77.0 Å². The molecule has 0 saturated carbocycles. The van der Waals surface area contributed by atoms with Crippen molar-refractivity contribution in [2.75, 3.05) is 0 Å². The van der Waals surface area contributed by atoms with E-state index >= 15 is 0 Å². The van der Waals surface area contributed by atoms with Gasteiger partial charge in [0.05, 0.1) is 16.8 Å². The molecule has 0 radical (unpaired) electrons. The molecule has 0 aromatic rings. The maximum Gasteiger partial charge on any atom is 0.476 e. The summed E-state index contributed by atoms with van der Waals surface area (Å²) >= 11 is 0. The van der Waals surface area contributed by atoms with Gasteiger partial charge in [0.25, 0.3) is 0 Å². The highest BCUT2D eigenvalue weighted by molar-refractivity contribution is 7.48. The van der Waals surface area contributed by atoms with Gasteiger partial charge in [-0.25, -0.2) is 4.57 Å². The zero-order valence-corrected chi connectivity index (χ0v) is 26.7. The summed E-state index contributed by atoms with van der Waals surface area (Å²) in [4.78, 5) is 0. The maximum absolute atomic E-state index is 14.9. The molecule has 0 aliphatic heterocycles. The number of phosphoric ester groups is 1. The lowest BCUT2D eigenvalue weighted by molar-refractivity contribution is -0.100. The molecule has 0 amide bonds. The van der Waals surface area contributed by atoms with E-state index in [1.54, 1.807) is 0 Å². The smallest absolute Gasteiger partial charge is 0.280 e. The number of hydrogen-bond acceptors (Lipinski definition) is 4. The van der Waals surface area contributed by atoms with Crippen LogP contribution < -0.4 is 0 Å². The summed E-state index contributed by atoms with van der Waals surface area (Å²) in [7, 11) is -3.91. The summed E-state index contributed by atoms with van der Waals surface area (Å²) < 4.78 is 35.1. The molecule has 0 bridgehead atoms. The third-order valence-corrected chi connectivity index (χ3v) is 10.4. The first kappa shape index (κ1) is 35.1. The average molecular weight is 519 g/mol. The van der Waals surface area contributed by atoms with Crippen molar-refractivity contribution in [3.05, 3.63) is 0 Å². The van der Waals surface area contributed by atoms with Crippen LogP contribution in [0.3, 0.4) is 0 Å². The average Bonchev–Trinajstić information content (AvgIpc) is 2.74. The van der Waals surface area contributed by atoms with Crippen LogP contribution in [0, 0.1) is 17.8 Å². The van der Waals surface area contributed by atoms with Gasteiger partial charge in [0, 0.05) is 0 Å². The van der Waals surface area contributed by atoms with E-state index in [2.05, 4.69) is 83.1 Å². The van der Waals surface area contributed by atoms with E-state index in [-0.39, 0.29) is 17.8 Å². The minimum absolute atomic E-state index is 0.254. The highest BCUT2D eigenvalue weighted by Crippen LogP contribution is 2.62. The van der Waals surface area contributed by atoms with E-state index in [0.717, 1.165) is 77.0 Å². The minimum atomic E-state index is -3.91. The van der Waals surface area contributed by atoms with Gasteiger partial charge < -0.3 is 0 Å². The molecule has 35 heavy (non-hydrogen) atoms. The molecule has 0 N–H and O–H groups in total. The van der Waals surface area contributed by atoms with Crippen LogP contribution in [0.4, 0.5) is 0 Å². The fourth-order valence-corrected chi connectivity index (χ4v) is 8.13. The van der Waals surface area contributed by atoms with Gasteiger partial charge in [0.1, 0.15) is 0 Å². The monoisotopic (exact) mass is 518 g/mol. The molecule has 4 nitrogen and oxygen atoms in total. The summed E-state index contributed by atoms with van der Waals surface area (Å²) in [6.07, 6.45) is 11.6. The second-order valence-corrected chi connectivity index (χ2v) is 13.4. The van der Waals surface area contributed by atoms with Gasteiger partial charge in [-0.15, -0.1) is 0 Å². The van der Waals surface area contributed by atoms with Crippen molar-refractivity contribution in [1.82, 2.24) is 0 Å².